The van der Waals surface area contributed by atoms with E-state index in [2.05, 4.69) is 4.98 Å². The van der Waals surface area contributed by atoms with E-state index in [1.165, 1.54) is 16.5 Å². The number of phenols is 1. The average molecular weight is 277 g/mol. The molecule has 0 fully saturated rings. The van der Waals surface area contributed by atoms with Crippen molar-refractivity contribution in [1.82, 2.24) is 9.38 Å². The van der Waals surface area contributed by atoms with Crippen molar-refractivity contribution >= 4 is 5.65 Å². The molecule has 0 amide bonds. The maximum atomic E-state index is 12.4. The van der Waals surface area contributed by atoms with Gasteiger partial charge in [0, 0.05) is 11.8 Å². The van der Waals surface area contributed by atoms with E-state index >= 15 is 0 Å². The van der Waals surface area contributed by atoms with Crippen molar-refractivity contribution in [3.05, 3.63) is 64.1 Å². The Labute approximate surface area is 120 Å². The quantitative estimate of drug-likeness (QED) is 0.740. The summed E-state index contributed by atoms with van der Waals surface area (Å²) in [6, 6.07) is 11.8. The van der Waals surface area contributed by atoms with Gasteiger partial charge in [-0.05, 0) is 42.8 Å². The van der Waals surface area contributed by atoms with Gasteiger partial charge in [0.25, 0.3) is 5.56 Å². The molecule has 0 aliphatic heterocycles. The predicted octanol–water partition coefficient (Wildman–Crippen LogP) is 2.25. The van der Waals surface area contributed by atoms with E-state index in [4.69, 9.17) is 0 Å². The van der Waals surface area contributed by atoms with Crippen LogP contribution in [0.2, 0.25) is 0 Å². The molecule has 5 heteroatoms. The van der Waals surface area contributed by atoms with Crippen molar-refractivity contribution in [3.8, 4) is 23.1 Å². The predicted molar refractivity (Wildman–Crippen MR) is 78.0 cm³/mol. The summed E-state index contributed by atoms with van der Waals surface area (Å²) in [4.78, 5) is 16.9. The zero-order valence-corrected chi connectivity index (χ0v) is 11.2. The number of hydrogen-bond acceptors (Lipinski definition) is 4. The average Bonchev–Trinajstić information content (AvgIpc) is 2.49. The van der Waals surface area contributed by atoms with Crippen molar-refractivity contribution in [2.45, 2.75) is 6.92 Å². The summed E-state index contributed by atoms with van der Waals surface area (Å²) in [6.07, 6.45) is 1.60. The number of pyridine rings is 1. The minimum absolute atomic E-state index is 0.0104. The Morgan fingerprint density at radius 3 is 2.62 bits per heavy atom. The first-order valence-electron chi connectivity index (χ1n) is 6.33. The van der Waals surface area contributed by atoms with E-state index in [1.54, 1.807) is 24.4 Å². The normalized spacial score (nSPS) is 10.5. The van der Waals surface area contributed by atoms with Gasteiger partial charge in [0.15, 0.2) is 0 Å². The summed E-state index contributed by atoms with van der Waals surface area (Å²) in [5.41, 5.74) is 1.91. The second-order valence-corrected chi connectivity index (χ2v) is 4.68. The molecule has 21 heavy (non-hydrogen) atoms. The fourth-order valence-corrected chi connectivity index (χ4v) is 2.23. The molecule has 0 spiro atoms. The van der Waals surface area contributed by atoms with E-state index in [-0.39, 0.29) is 11.3 Å². The number of aryl methyl sites for hydroxylation is 1. The molecule has 0 aliphatic rings. The Morgan fingerprint density at radius 1 is 1.24 bits per heavy atom. The van der Waals surface area contributed by atoms with Crippen molar-refractivity contribution in [3.63, 3.8) is 0 Å². The molecule has 0 saturated heterocycles. The first-order valence-corrected chi connectivity index (χ1v) is 6.33. The molecule has 3 rings (SSSR count). The Balaban J connectivity index is 2.42. The van der Waals surface area contributed by atoms with Crippen molar-refractivity contribution in [2.24, 2.45) is 0 Å². The number of phenolic OH excluding ortho intramolecular Hbond substituents is 1. The van der Waals surface area contributed by atoms with Crippen LogP contribution < -0.4 is 5.56 Å². The highest BCUT2D eigenvalue weighted by molar-refractivity contribution is 5.69. The van der Waals surface area contributed by atoms with Crippen LogP contribution in [0.1, 0.15) is 11.1 Å². The number of fused-ring (bicyclic) bond motifs is 1. The molecule has 1 N–H and O–H groups in total. The summed E-state index contributed by atoms with van der Waals surface area (Å²) >= 11 is 0. The SMILES string of the molecule is Cc1cccn2c(=O)c(C#N)c(-c3ccc(O)cc3)nc12. The maximum Gasteiger partial charge on any atom is 0.276 e. The molecule has 0 aliphatic carbocycles. The Kier molecular flexibility index (Phi) is 2.92. The smallest absolute Gasteiger partial charge is 0.276 e. The zero-order chi connectivity index (χ0) is 15.0. The van der Waals surface area contributed by atoms with Gasteiger partial charge in [0.05, 0.1) is 5.69 Å². The molecule has 3 aromatic rings. The van der Waals surface area contributed by atoms with E-state index in [1.807, 2.05) is 19.1 Å². The lowest BCUT2D eigenvalue weighted by Gasteiger charge is -2.08. The minimum atomic E-state index is -0.394. The molecule has 0 unspecified atom stereocenters. The molecule has 0 saturated carbocycles. The maximum absolute atomic E-state index is 12.4. The molecule has 1 aromatic carbocycles. The van der Waals surface area contributed by atoms with Crippen LogP contribution in [0.25, 0.3) is 16.9 Å². The lowest BCUT2D eigenvalue weighted by Crippen LogP contribution is -2.20. The van der Waals surface area contributed by atoms with Crippen molar-refractivity contribution < 1.29 is 5.11 Å². The van der Waals surface area contributed by atoms with Gasteiger partial charge >= 0.3 is 0 Å². The van der Waals surface area contributed by atoms with E-state index in [9.17, 15) is 15.2 Å². The Morgan fingerprint density at radius 2 is 1.95 bits per heavy atom. The van der Waals surface area contributed by atoms with Crippen molar-refractivity contribution in [1.29, 1.82) is 5.26 Å². The van der Waals surface area contributed by atoms with Gasteiger partial charge in [-0.25, -0.2) is 4.98 Å². The van der Waals surface area contributed by atoms with Gasteiger partial charge < -0.3 is 5.11 Å². The summed E-state index contributed by atoms with van der Waals surface area (Å²) in [5, 5.41) is 18.6. The number of aromatic hydroxyl groups is 1. The van der Waals surface area contributed by atoms with Crippen LogP contribution in [-0.2, 0) is 0 Å². The third kappa shape index (κ3) is 2.03. The molecule has 0 atom stereocenters. The summed E-state index contributed by atoms with van der Waals surface area (Å²) in [5.74, 6) is 0.117. The Hall–Kier alpha value is -3.13. The summed E-state index contributed by atoms with van der Waals surface area (Å²) in [6.45, 7) is 1.86. The van der Waals surface area contributed by atoms with Crippen LogP contribution in [0.3, 0.4) is 0 Å². The van der Waals surface area contributed by atoms with Gasteiger partial charge in [-0.1, -0.05) is 6.07 Å². The lowest BCUT2D eigenvalue weighted by molar-refractivity contribution is 0.475. The number of nitrogens with zero attached hydrogens (tertiary/aromatic N) is 3. The third-order valence-electron chi connectivity index (χ3n) is 3.30. The molecular weight excluding hydrogens is 266 g/mol. The molecule has 5 nitrogen and oxygen atoms in total. The van der Waals surface area contributed by atoms with Gasteiger partial charge in [0.1, 0.15) is 23.0 Å². The molecule has 0 radical (unpaired) electrons. The monoisotopic (exact) mass is 277 g/mol. The van der Waals surface area contributed by atoms with Gasteiger partial charge in [-0.15, -0.1) is 0 Å². The van der Waals surface area contributed by atoms with E-state index in [0.717, 1.165) is 5.56 Å². The van der Waals surface area contributed by atoms with Crippen LogP contribution in [0.5, 0.6) is 5.75 Å². The van der Waals surface area contributed by atoms with E-state index < -0.39 is 5.56 Å². The van der Waals surface area contributed by atoms with Crippen LogP contribution in [0.4, 0.5) is 0 Å². The fraction of sp³-hybridized carbons (Fsp3) is 0.0625. The van der Waals surface area contributed by atoms with Crippen LogP contribution in [0.15, 0.2) is 47.4 Å². The summed E-state index contributed by atoms with van der Waals surface area (Å²) < 4.78 is 1.37. The second kappa shape index (κ2) is 4.76. The lowest BCUT2D eigenvalue weighted by atomic mass is 10.1. The second-order valence-electron chi connectivity index (χ2n) is 4.68. The fourth-order valence-electron chi connectivity index (χ4n) is 2.23. The van der Waals surface area contributed by atoms with Gasteiger partial charge in [-0.2, -0.15) is 5.26 Å². The molecule has 102 valence electrons. The molecular formula is C16H11N3O2. The van der Waals surface area contributed by atoms with Crippen LogP contribution in [-0.4, -0.2) is 14.5 Å². The summed E-state index contributed by atoms with van der Waals surface area (Å²) in [7, 11) is 0. The van der Waals surface area contributed by atoms with Crippen LogP contribution >= 0.6 is 0 Å². The highest BCUT2D eigenvalue weighted by Crippen LogP contribution is 2.22. The number of nitriles is 1. The van der Waals surface area contributed by atoms with Crippen LogP contribution in [0, 0.1) is 18.3 Å². The van der Waals surface area contributed by atoms with Gasteiger partial charge in [-0.3, -0.25) is 9.20 Å². The largest absolute Gasteiger partial charge is 0.508 e. The van der Waals surface area contributed by atoms with E-state index in [0.29, 0.717) is 16.9 Å². The Bertz CT molecular complexity index is 935. The highest BCUT2D eigenvalue weighted by Gasteiger charge is 2.15. The molecule has 2 heterocycles. The van der Waals surface area contributed by atoms with Gasteiger partial charge in [0.2, 0.25) is 0 Å². The number of aromatic nitrogens is 2. The minimum Gasteiger partial charge on any atom is -0.508 e. The first-order chi connectivity index (χ1) is 10.1. The zero-order valence-electron chi connectivity index (χ0n) is 11.2. The third-order valence-corrected chi connectivity index (χ3v) is 3.30. The molecule has 2 aromatic heterocycles. The van der Waals surface area contributed by atoms with Crippen molar-refractivity contribution in [2.75, 3.05) is 0 Å². The molecule has 0 bridgehead atoms. The standard InChI is InChI=1S/C16H11N3O2/c1-10-3-2-8-19-15(10)18-14(13(9-17)16(19)21)11-4-6-12(20)7-5-11/h2-8,20H,1H3. The number of benzene rings is 1. The first kappa shape index (κ1) is 12.9. The number of hydrogen-bond donors (Lipinski definition) is 1. The highest BCUT2D eigenvalue weighted by atomic mass is 16.3. The number of rotatable bonds is 1. The topological polar surface area (TPSA) is 78.4 Å².